The number of fused-ring (bicyclic) bond motifs is 1. The average Bonchev–Trinajstić information content (AvgIpc) is 2.82. The number of aliphatic hydroxyl groups is 1. The molecule has 1 N–H and O–H groups in total. The number of aliphatic hydroxyl groups excluding tert-OH is 1. The SMILES string of the molecule is OCc1cnn2c(Cl)cc(-c3cncc(F)c3)nc12. The minimum absolute atomic E-state index is 0.197. The van der Waals surface area contributed by atoms with Crippen LogP contribution in [0.15, 0.2) is 30.7 Å². The van der Waals surface area contributed by atoms with E-state index in [9.17, 15) is 9.50 Å². The third kappa shape index (κ3) is 2.05. The fourth-order valence-corrected chi connectivity index (χ4v) is 2.01. The number of rotatable bonds is 2. The van der Waals surface area contributed by atoms with Crippen molar-refractivity contribution < 1.29 is 9.50 Å². The molecular formula is C12H8ClFN4O. The van der Waals surface area contributed by atoms with Gasteiger partial charge in [0.25, 0.3) is 0 Å². The van der Waals surface area contributed by atoms with Crippen LogP contribution in [0.5, 0.6) is 0 Å². The number of nitrogens with zero attached hydrogens (tertiary/aromatic N) is 4. The van der Waals surface area contributed by atoms with Crippen molar-refractivity contribution in [3.8, 4) is 11.3 Å². The van der Waals surface area contributed by atoms with Crippen LogP contribution < -0.4 is 0 Å². The highest BCUT2D eigenvalue weighted by Gasteiger charge is 2.11. The van der Waals surface area contributed by atoms with E-state index in [1.54, 1.807) is 6.07 Å². The summed E-state index contributed by atoms with van der Waals surface area (Å²) in [6.07, 6.45) is 4.09. The molecule has 3 aromatic rings. The van der Waals surface area contributed by atoms with Gasteiger partial charge in [0, 0.05) is 23.4 Å². The molecule has 0 saturated carbocycles. The smallest absolute Gasteiger partial charge is 0.162 e. The van der Waals surface area contributed by atoms with E-state index in [-0.39, 0.29) is 6.61 Å². The molecule has 0 saturated heterocycles. The molecule has 0 aliphatic heterocycles. The lowest BCUT2D eigenvalue weighted by Crippen LogP contribution is -1.96. The van der Waals surface area contributed by atoms with Gasteiger partial charge in [-0.25, -0.2) is 13.9 Å². The van der Waals surface area contributed by atoms with Gasteiger partial charge in [0.15, 0.2) is 5.65 Å². The number of pyridine rings is 1. The molecule has 0 fully saturated rings. The monoisotopic (exact) mass is 278 g/mol. The van der Waals surface area contributed by atoms with E-state index in [1.807, 2.05) is 0 Å². The predicted octanol–water partition coefficient (Wildman–Crippen LogP) is 2.08. The number of hydrogen-bond donors (Lipinski definition) is 1. The van der Waals surface area contributed by atoms with Crippen molar-refractivity contribution in [2.24, 2.45) is 0 Å². The van der Waals surface area contributed by atoms with Crippen LogP contribution in [0.2, 0.25) is 5.15 Å². The van der Waals surface area contributed by atoms with Gasteiger partial charge in [0.1, 0.15) is 11.0 Å². The molecule has 0 radical (unpaired) electrons. The summed E-state index contributed by atoms with van der Waals surface area (Å²) >= 11 is 6.09. The second-order valence-corrected chi connectivity index (χ2v) is 4.31. The maximum Gasteiger partial charge on any atom is 0.162 e. The number of hydrogen-bond acceptors (Lipinski definition) is 4. The van der Waals surface area contributed by atoms with Gasteiger partial charge in [0.05, 0.1) is 24.7 Å². The highest BCUT2D eigenvalue weighted by molar-refractivity contribution is 6.30. The first kappa shape index (κ1) is 12.0. The summed E-state index contributed by atoms with van der Waals surface area (Å²) in [7, 11) is 0. The summed E-state index contributed by atoms with van der Waals surface area (Å²) in [4.78, 5) is 8.10. The Morgan fingerprint density at radius 1 is 1.26 bits per heavy atom. The topological polar surface area (TPSA) is 63.3 Å². The highest BCUT2D eigenvalue weighted by Crippen LogP contribution is 2.23. The Morgan fingerprint density at radius 3 is 2.84 bits per heavy atom. The molecule has 5 nitrogen and oxygen atoms in total. The fraction of sp³-hybridized carbons (Fsp3) is 0.0833. The Balaban J connectivity index is 2.25. The molecule has 0 amide bonds. The summed E-state index contributed by atoms with van der Waals surface area (Å²) < 4.78 is 14.6. The molecule has 0 atom stereocenters. The third-order valence-corrected chi connectivity index (χ3v) is 2.94. The molecule has 96 valence electrons. The van der Waals surface area contributed by atoms with Crippen LogP contribution in [-0.2, 0) is 6.61 Å². The van der Waals surface area contributed by atoms with E-state index in [4.69, 9.17) is 11.6 Å². The van der Waals surface area contributed by atoms with Gasteiger partial charge in [-0.05, 0) is 6.07 Å². The summed E-state index contributed by atoms with van der Waals surface area (Å²) in [5.41, 5.74) is 1.97. The van der Waals surface area contributed by atoms with Crippen LogP contribution in [0.3, 0.4) is 0 Å². The highest BCUT2D eigenvalue weighted by atomic mass is 35.5. The molecule has 0 bridgehead atoms. The maximum absolute atomic E-state index is 13.2. The van der Waals surface area contributed by atoms with Crippen LogP contribution in [0.1, 0.15) is 5.56 Å². The van der Waals surface area contributed by atoms with E-state index >= 15 is 0 Å². The Bertz CT molecular complexity index is 759. The Hall–Kier alpha value is -2.05. The molecule has 3 aromatic heterocycles. The quantitative estimate of drug-likeness (QED) is 0.729. The molecule has 3 heterocycles. The molecule has 7 heteroatoms. The summed E-state index contributed by atoms with van der Waals surface area (Å²) in [6, 6.07) is 2.89. The minimum Gasteiger partial charge on any atom is -0.391 e. The number of halogens is 2. The van der Waals surface area contributed by atoms with Gasteiger partial charge >= 0.3 is 0 Å². The van der Waals surface area contributed by atoms with E-state index in [1.165, 1.54) is 23.0 Å². The van der Waals surface area contributed by atoms with Gasteiger partial charge in [-0.3, -0.25) is 4.98 Å². The lowest BCUT2D eigenvalue weighted by molar-refractivity contribution is 0.283. The van der Waals surface area contributed by atoms with Gasteiger partial charge in [-0.2, -0.15) is 5.10 Å². The molecule has 0 spiro atoms. The van der Waals surface area contributed by atoms with E-state index in [0.717, 1.165) is 6.20 Å². The Labute approximate surface area is 112 Å². The van der Waals surface area contributed by atoms with Crippen molar-refractivity contribution >= 4 is 17.2 Å². The maximum atomic E-state index is 13.2. The first-order valence-corrected chi connectivity index (χ1v) is 5.82. The van der Waals surface area contributed by atoms with Crippen LogP contribution in [0.4, 0.5) is 4.39 Å². The molecule has 3 rings (SSSR count). The molecule has 0 unspecified atom stereocenters. The Kier molecular flexibility index (Phi) is 2.88. The molecule has 0 aromatic carbocycles. The first-order chi connectivity index (χ1) is 9.19. The van der Waals surface area contributed by atoms with Crippen LogP contribution in [0.25, 0.3) is 16.9 Å². The van der Waals surface area contributed by atoms with Crippen molar-refractivity contribution in [2.45, 2.75) is 6.61 Å². The molecule has 0 aliphatic carbocycles. The molecule has 19 heavy (non-hydrogen) atoms. The van der Waals surface area contributed by atoms with Gasteiger partial charge in [-0.1, -0.05) is 11.6 Å². The lowest BCUT2D eigenvalue weighted by atomic mass is 10.2. The standard InChI is InChI=1S/C12H8ClFN4O/c13-11-2-10(7-1-9(14)5-15-3-7)17-12-8(6-19)4-16-18(11)12/h1-5,19H,6H2. The second-order valence-electron chi connectivity index (χ2n) is 3.92. The summed E-state index contributed by atoms with van der Waals surface area (Å²) in [6.45, 7) is -0.197. The third-order valence-electron chi connectivity index (χ3n) is 2.67. The predicted molar refractivity (Wildman–Crippen MR) is 67.1 cm³/mol. The minimum atomic E-state index is -0.453. The van der Waals surface area contributed by atoms with E-state index in [0.29, 0.717) is 27.6 Å². The molecular weight excluding hydrogens is 271 g/mol. The average molecular weight is 279 g/mol. The normalized spacial score (nSPS) is 11.1. The summed E-state index contributed by atoms with van der Waals surface area (Å²) in [5, 5.41) is 13.5. The van der Waals surface area contributed by atoms with Crippen molar-refractivity contribution in [3.63, 3.8) is 0 Å². The molecule has 0 aliphatic rings. The van der Waals surface area contributed by atoms with Crippen LogP contribution in [-0.4, -0.2) is 24.7 Å². The zero-order valence-electron chi connectivity index (χ0n) is 9.59. The van der Waals surface area contributed by atoms with Crippen LogP contribution >= 0.6 is 11.6 Å². The van der Waals surface area contributed by atoms with Crippen LogP contribution in [0, 0.1) is 5.82 Å². The Morgan fingerprint density at radius 2 is 2.11 bits per heavy atom. The van der Waals surface area contributed by atoms with Gasteiger partial charge in [0.2, 0.25) is 0 Å². The lowest BCUT2D eigenvalue weighted by Gasteiger charge is -2.04. The van der Waals surface area contributed by atoms with Gasteiger partial charge < -0.3 is 5.11 Å². The van der Waals surface area contributed by atoms with Crippen molar-refractivity contribution in [2.75, 3.05) is 0 Å². The number of aromatic nitrogens is 4. The first-order valence-electron chi connectivity index (χ1n) is 5.44. The van der Waals surface area contributed by atoms with E-state index in [2.05, 4.69) is 15.1 Å². The second kappa shape index (κ2) is 4.56. The largest absolute Gasteiger partial charge is 0.391 e. The van der Waals surface area contributed by atoms with Gasteiger partial charge in [-0.15, -0.1) is 0 Å². The van der Waals surface area contributed by atoms with Crippen molar-refractivity contribution in [1.29, 1.82) is 0 Å². The summed E-state index contributed by atoms with van der Waals surface area (Å²) in [5.74, 6) is -0.453. The fourth-order valence-electron chi connectivity index (χ4n) is 1.78. The van der Waals surface area contributed by atoms with Crippen molar-refractivity contribution in [3.05, 3.63) is 47.3 Å². The van der Waals surface area contributed by atoms with E-state index < -0.39 is 5.82 Å². The zero-order valence-corrected chi connectivity index (χ0v) is 10.3. The zero-order chi connectivity index (χ0) is 13.4. The van der Waals surface area contributed by atoms with Crippen molar-refractivity contribution in [1.82, 2.24) is 19.6 Å².